The molecule has 5 heteroatoms. The lowest BCUT2D eigenvalue weighted by molar-refractivity contribution is 0.608. The van der Waals surface area contributed by atoms with Crippen molar-refractivity contribution in [3.05, 3.63) is 29.3 Å². The fourth-order valence-electron chi connectivity index (χ4n) is 0.695. The number of thioether (sulfide) groups is 1. The van der Waals surface area contributed by atoms with Crippen LogP contribution in [0.25, 0.3) is 0 Å². The topological polar surface area (TPSA) is 47.8 Å². The normalized spacial score (nSPS) is 9.75. The van der Waals surface area contributed by atoms with Gasteiger partial charge in [-0.1, -0.05) is 6.08 Å². The van der Waals surface area contributed by atoms with Crippen molar-refractivity contribution >= 4 is 11.8 Å². The van der Waals surface area contributed by atoms with Gasteiger partial charge in [0.05, 0.1) is 12.7 Å². The summed E-state index contributed by atoms with van der Waals surface area (Å²) >= 11 is 1.40. The molecule has 0 saturated carbocycles. The molecule has 0 unspecified atom stereocenters. The molecule has 1 aromatic rings. The number of rotatable bonds is 3. The van der Waals surface area contributed by atoms with Crippen LogP contribution in [0.1, 0.15) is 0 Å². The van der Waals surface area contributed by atoms with E-state index in [0.717, 1.165) is 0 Å². The molecule has 64 valence electrons. The van der Waals surface area contributed by atoms with Gasteiger partial charge in [-0.15, -0.1) is 18.3 Å². The zero-order chi connectivity index (χ0) is 8.97. The highest BCUT2D eigenvalue weighted by Crippen LogP contribution is 2.04. The number of aromatic nitrogens is 3. The van der Waals surface area contributed by atoms with Crippen molar-refractivity contribution in [3.8, 4) is 0 Å². The third-order valence-electron chi connectivity index (χ3n) is 1.25. The highest BCUT2D eigenvalue weighted by molar-refractivity contribution is 7.98. The molecule has 0 amide bonds. The van der Waals surface area contributed by atoms with Gasteiger partial charge in [-0.05, 0) is 6.26 Å². The molecule has 0 aliphatic heterocycles. The van der Waals surface area contributed by atoms with Crippen molar-refractivity contribution in [2.75, 3.05) is 6.26 Å². The van der Waals surface area contributed by atoms with E-state index >= 15 is 0 Å². The molecule has 0 fully saturated rings. The Morgan fingerprint density at radius 1 is 1.83 bits per heavy atom. The van der Waals surface area contributed by atoms with Gasteiger partial charge in [-0.25, -0.2) is 9.48 Å². The van der Waals surface area contributed by atoms with Crippen LogP contribution in [0.5, 0.6) is 0 Å². The van der Waals surface area contributed by atoms with Crippen LogP contribution < -0.4 is 5.69 Å². The van der Waals surface area contributed by atoms with Crippen LogP contribution in [0.4, 0.5) is 0 Å². The molecule has 0 bridgehead atoms. The van der Waals surface area contributed by atoms with Gasteiger partial charge in [-0.2, -0.15) is 10.1 Å². The number of nitrogens with zero attached hydrogens (tertiary/aromatic N) is 3. The summed E-state index contributed by atoms with van der Waals surface area (Å²) in [6.07, 6.45) is 5.02. The average Bonchev–Trinajstić information content (AvgIpc) is 2.09. The lowest BCUT2D eigenvalue weighted by Crippen LogP contribution is -2.24. The average molecular weight is 183 g/mol. The first kappa shape index (κ1) is 8.99. The van der Waals surface area contributed by atoms with Crippen LogP contribution in [-0.2, 0) is 6.54 Å². The number of hydrogen-bond acceptors (Lipinski definition) is 4. The zero-order valence-electron chi connectivity index (χ0n) is 6.73. The maximum absolute atomic E-state index is 11.1. The molecule has 1 heterocycles. The zero-order valence-corrected chi connectivity index (χ0v) is 7.54. The van der Waals surface area contributed by atoms with Gasteiger partial charge in [0.25, 0.3) is 0 Å². The minimum absolute atomic E-state index is 0.332. The van der Waals surface area contributed by atoms with Gasteiger partial charge in [0, 0.05) is 0 Å². The molecule has 12 heavy (non-hydrogen) atoms. The molecule has 0 N–H and O–H groups in total. The Kier molecular flexibility index (Phi) is 3.04. The highest BCUT2D eigenvalue weighted by Gasteiger charge is 1.97. The standard InChI is InChI=1S/C7H9N3OS/c1-3-4-10-7(11)9-6(12-2)5-8-10/h3,5H,1,4H2,2H3. The lowest BCUT2D eigenvalue weighted by atomic mass is 10.6. The Morgan fingerprint density at radius 2 is 2.58 bits per heavy atom. The molecular weight excluding hydrogens is 174 g/mol. The Balaban J connectivity index is 3.03. The third-order valence-corrected chi connectivity index (χ3v) is 1.86. The van der Waals surface area contributed by atoms with Crippen LogP contribution >= 0.6 is 11.8 Å². The highest BCUT2D eigenvalue weighted by atomic mass is 32.2. The molecule has 1 aromatic heterocycles. The van der Waals surface area contributed by atoms with E-state index < -0.39 is 0 Å². The van der Waals surface area contributed by atoms with Crippen molar-refractivity contribution < 1.29 is 0 Å². The monoisotopic (exact) mass is 183 g/mol. The van der Waals surface area contributed by atoms with E-state index in [-0.39, 0.29) is 5.69 Å². The Morgan fingerprint density at radius 3 is 3.08 bits per heavy atom. The van der Waals surface area contributed by atoms with Gasteiger partial charge >= 0.3 is 5.69 Å². The molecule has 0 saturated heterocycles. The van der Waals surface area contributed by atoms with Crippen LogP contribution in [0, 0.1) is 0 Å². The summed E-state index contributed by atoms with van der Waals surface area (Å²) in [5, 5.41) is 4.53. The summed E-state index contributed by atoms with van der Waals surface area (Å²) in [6, 6.07) is 0. The van der Waals surface area contributed by atoms with E-state index in [1.54, 1.807) is 12.3 Å². The van der Waals surface area contributed by atoms with E-state index in [1.807, 2.05) is 6.26 Å². The van der Waals surface area contributed by atoms with Gasteiger partial charge in [0.15, 0.2) is 0 Å². The molecule has 0 aliphatic rings. The summed E-state index contributed by atoms with van der Waals surface area (Å²) < 4.78 is 1.26. The van der Waals surface area contributed by atoms with Crippen LogP contribution in [0.15, 0.2) is 28.7 Å². The summed E-state index contributed by atoms with van der Waals surface area (Å²) in [5.41, 5.74) is -0.332. The van der Waals surface area contributed by atoms with Crippen molar-refractivity contribution in [1.29, 1.82) is 0 Å². The second-order valence-corrected chi connectivity index (χ2v) is 2.88. The van der Waals surface area contributed by atoms with E-state index in [9.17, 15) is 4.79 Å². The molecule has 4 nitrogen and oxygen atoms in total. The molecule has 0 radical (unpaired) electrons. The number of allylic oxidation sites excluding steroid dienone is 1. The molecule has 0 aliphatic carbocycles. The maximum Gasteiger partial charge on any atom is 0.365 e. The van der Waals surface area contributed by atoms with Gasteiger partial charge in [0.2, 0.25) is 0 Å². The fourth-order valence-corrected chi connectivity index (χ4v) is 1.02. The first-order valence-electron chi connectivity index (χ1n) is 3.37. The first-order valence-corrected chi connectivity index (χ1v) is 4.59. The summed E-state index contributed by atoms with van der Waals surface area (Å²) in [7, 11) is 0. The quantitative estimate of drug-likeness (QED) is 0.507. The van der Waals surface area contributed by atoms with Crippen LogP contribution in [-0.4, -0.2) is 21.0 Å². The van der Waals surface area contributed by atoms with E-state index in [4.69, 9.17) is 0 Å². The van der Waals surface area contributed by atoms with Crippen molar-refractivity contribution in [2.45, 2.75) is 11.6 Å². The van der Waals surface area contributed by atoms with Crippen molar-refractivity contribution in [1.82, 2.24) is 14.8 Å². The minimum Gasteiger partial charge on any atom is -0.244 e. The minimum atomic E-state index is -0.332. The predicted molar refractivity (Wildman–Crippen MR) is 48.3 cm³/mol. The first-order chi connectivity index (χ1) is 5.77. The molecule has 1 rings (SSSR count). The summed E-state index contributed by atoms with van der Waals surface area (Å²) in [5.74, 6) is 0. The smallest absolute Gasteiger partial charge is 0.244 e. The Bertz CT molecular complexity index is 334. The molecule has 0 atom stereocenters. The van der Waals surface area contributed by atoms with Crippen LogP contribution in [0.2, 0.25) is 0 Å². The number of hydrogen-bond donors (Lipinski definition) is 0. The SMILES string of the molecule is C=CCn1ncc(SC)nc1=O. The van der Waals surface area contributed by atoms with Gasteiger partial charge in [-0.3, -0.25) is 0 Å². The second-order valence-electron chi connectivity index (χ2n) is 2.05. The molecular formula is C7H9N3OS. The van der Waals surface area contributed by atoms with Crippen molar-refractivity contribution in [2.24, 2.45) is 0 Å². The fraction of sp³-hybridized carbons (Fsp3) is 0.286. The molecule has 0 spiro atoms. The maximum atomic E-state index is 11.1. The predicted octanol–water partition coefficient (Wildman–Crippen LogP) is 0.546. The van der Waals surface area contributed by atoms with Crippen molar-refractivity contribution in [3.63, 3.8) is 0 Å². The Hall–Kier alpha value is -1.10. The van der Waals surface area contributed by atoms with Gasteiger partial charge < -0.3 is 0 Å². The van der Waals surface area contributed by atoms with Crippen LogP contribution in [0.3, 0.4) is 0 Å². The summed E-state index contributed by atoms with van der Waals surface area (Å²) in [6.45, 7) is 3.91. The Labute approximate surface area is 74.3 Å². The lowest BCUT2D eigenvalue weighted by Gasteiger charge is -1.98. The van der Waals surface area contributed by atoms with E-state index in [0.29, 0.717) is 11.6 Å². The van der Waals surface area contributed by atoms with E-state index in [1.165, 1.54) is 16.4 Å². The largest absolute Gasteiger partial charge is 0.365 e. The third kappa shape index (κ3) is 1.94. The summed E-state index contributed by atoms with van der Waals surface area (Å²) in [4.78, 5) is 14.9. The second kappa shape index (κ2) is 4.06. The molecule has 0 aromatic carbocycles. The van der Waals surface area contributed by atoms with E-state index in [2.05, 4.69) is 16.7 Å². The van der Waals surface area contributed by atoms with Gasteiger partial charge in [0.1, 0.15) is 5.03 Å².